The van der Waals surface area contributed by atoms with Crippen molar-refractivity contribution < 1.29 is 14.2 Å². The van der Waals surface area contributed by atoms with Crippen molar-refractivity contribution in [2.75, 3.05) is 28.4 Å². The SMILES string of the molecule is CN=C(NCc1cccc(OC)c1)NCc1cc(Br)c(OC)c(OC)c1. The molecule has 26 heavy (non-hydrogen) atoms. The zero-order valence-corrected chi connectivity index (χ0v) is 17.0. The van der Waals surface area contributed by atoms with Crippen molar-refractivity contribution in [3.63, 3.8) is 0 Å². The normalized spacial score (nSPS) is 11.0. The van der Waals surface area contributed by atoms with E-state index in [-0.39, 0.29) is 0 Å². The Hall–Kier alpha value is -2.41. The second-order valence-electron chi connectivity index (χ2n) is 5.44. The molecule has 7 heteroatoms. The fraction of sp³-hybridized carbons (Fsp3) is 0.316. The van der Waals surface area contributed by atoms with Crippen molar-refractivity contribution in [3.8, 4) is 17.2 Å². The molecule has 2 aromatic carbocycles. The molecule has 0 aliphatic carbocycles. The zero-order chi connectivity index (χ0) is 18.9. The molecular weight excluding hydrogens is 398 g/mol. The lowest BCUT2D eigenvalue weighted by molar-refractivity contribution is 0.352. The number of guanidine groups is 1. The molecule has 140 valence electrons. The molecule has 0 bridgehead atoms. The molecule has 0 amide bonds. The molecule has 6 nitrogen and oxygen atoms in total. The lowest BCUT2D eigenvalue weighted by Crippen LogP contribution is -2.36. The Morgan fingerprint density at radius 2 is 1.69 bits per heavy atom. The van der Waals surface area contributed by atoms with E-state index in [1.54, 1.807) is 28.4 Å². The predicted molar refractivity (Wildman–Crippen MR) is 107 cm³/mol. The number of nitrogens with zero attached hydrogens (tertiary/aromatic N) is 1. The summed E-state index contributed by atoms with van der Waals surface area (Å²) in [6.07, 6.45) is 0. The highest BCUT2D eigenvalue weighted by atomic mass is 79.9. The smallest absolute Gasteiger partial charge is 0.191 e. The highest BCUT2D eigenvalue weighted by Gasteiger charge is 2.10. The molecule has 2 aromatic rings. The van der Waals surface area contributed by atoms with Gasteiger partial charge in [0.05, 0.1) is 25.8 Å². The third kappa shape index (κ3) is 5.29. The summed E-state index contributed by atoms with van der Waals surface area (Å²) in [5.74, 6) is 2.90. The summed E-state index contributed by atoms with van der Waals surface area (Å²) >= 11 is 3.51. The van der Waals surface area contributed by atoms with Crippen LogP contribution in [0.15, 0.2) is 45.9 Å². The Morgan fingerprint density at radius 1 is 0.962 bits per heavy atom. The summed E-state index contributed by atoms with van der Waals surface area (Å²) in [5, 5.41) is 6.58. The Morgan fingerprint density at radius 3 is 2.31 bits per heavy atom. The van der Waals surface area contributed by atoms with E-state index in [0.29, 0.717) is 30.5 Å². The van der Waals surface area contributed by atoms with Gasteiger partial charge in [-0.2, -0.15) is 0 Å². The van der Waals surface area contributed by atoms with Crippen LogP contribution >= 0.6 is 15.9 Å². The first kappa shape index (κ1) is 19.9. The van der Waals surface area contributed by atoms with E-state index in [1.807, 2.05) is 36.4 Å². The van der Waals surface area contributed by atoms with Crippen LogP contribution in [0.1, 0.15) is 11.1 Å². The number of methoxy groups -OCH3 is 3. The predicted octanol–water partition coefficient (Wildman–Crippen LogP) is 3.34. The molecule has 0 saturated carbocycles. The van der Waals surface area contributed by atoms with Crippen LogP contribution in [0, 0.1) is 0 Å². The highest BCUT2D eigenvalue weighted by Crippen LogP contribution is 2.36. The number of aliphatic imine (C=N–C) groups is 1. The molecule has 0 heterocycles. The lowest BCUT2D eigenvalue weighted by Gasteiger charge is -2.15. The number of hydrogen-bond donors (Lipinski definition) is 2. The van der Waals surface area contributed by atoms with E-state index in [4.69, 9.17) is 14.2 Å². The van der Waals surface area contributed by atoms with E-state index in [1.165, 1.54) is 0 Å². The summed E-state index contributed by atoms with van der Waals surface area (Å²) in [6, 6.07) is 11.8. The topological polar surface area (TPSA) is 64.1 Å². The summed E-state index contributed by atoms with van der Waals surface area (Å²) in [4.78, 5) is 4.26. The average molecular weight is 422 g/mol. The molecule has 0 aliphatic rings. The van der Waals surface area contributed by atoms with Gasteiger partial charge < -0.3 is 24.8 Å². The molecule has 0 radical (unpaired) electrons. The van der Waals surface area contributed by atoms with Crippen molar-refractivity contribution in [1.82, 2.24) is 10.6 Å². The summed E-state index contributed by atoms with van der Waals surface area (Å²) in [7, 11) is 6.64. The maximum atomic E-state index is 5.38. The van der Waals surface area contributed by atoms with Gasteiger partial charge in [-0.15, -0.1) is 0 Å². The molecule has 0 spiro atoms. The maximum Gasteiger partial charge on any atom is 0.191 e. The molecular formula is C19H24BrN3O3. The number of halogens is 1. The van der Waals surface area contributed by atoms with Gasteiger partial charge in [0.1, 0.15) is 5.75 Å². The van der Waals surface area contributed by atoms with Crippen molar-refractivity contribution in [2.45, 2.75) is 13.1 Å². The van der Waals surface area contributed by atoms with Crippen LogP contribution in [0.2, 0.25) is 0 Å². The number of ether oxygens (including phenoxy) is 3. The number of nitrogens with one attached hydrogen (secondary N) is 2. The molecule has 0 unspecified atom stereocenters. The summed E-state index contributed by atoms with van der Waals surface area (Å²) in [5.41, 5.74) is 2.15. The second-order valence-corrected chi connectivity index (χ2v) is 6.30. The average Bonchev–Trinajstić information content (AvgIpc) is 2.67. The van der Waals surface area contributed by atoms with E-state index < -0.39 is 0 Å². The third-order valence-corrected chi connectivity index (χ3v) is 4.36. The molecule has 0 aromatic heterocycles. The number of hydrogen-bond acceptors (Lipinski definition) is 4. The van der Waals surface area contributed by atoms with Gasteiger partial charge in [-0.1, -0.05) is 12.1 Å². The fourth-order valence-electron chi connectivity index (χ4n) is 2.45. The first-order valence-electron chi connectivity index (χ1n) is 8.09. The Bertz CT molecular complexity index is 766. The van der Waals surface area contributed by atoms with Gasteiger partial charge in [-0.25, -0.2) is 0 Å². The van der Waals surface area contributed by atoms with Crippen LogP contribution in [0.25, 0.3) is 0 Å². The first-order valence-corrected chi connectivity index (χ1v) is 8.88. The molecule has 0 aliphatic heterocycles. The van der Waals surface area contributed by atoms with Gasteiger partial charge in [0.15, 0.2) is 17.5 Å². The van der Waals surface area contributed by atoms with Gasteiger partial charge in [0.2, 0.25) is 0 Å². The van der Waals surface area contributed by atoms with Crippen molar-refractivity contribution in [2.24, 2.45) is 4.99 Å². The molecule has 0 saturated heterocycles. The van der Waals surface area contributed by atoms with E-state index in [9.17, 15) is 0 Å². The van der Waals surface area contributed by atoms with Crippen LogP contribution < -0.4 is 24.8 Å². The van der Waals surface area contributed by atoms with Crippen molar-refractivity contribution in [3.05, 3.63) is 52.0 Å². The number of rotatable bonds is 7. The Balaban J connectivity index is 1.97. The van der Waals surface area contributed by atoms with Crippen LogP contribution in [0.3, 0.4) is 0 Å². The van der Waals surface area contributed by atoms with Gasteiger partial charge in [-0.3, -0.25) is 4.99 Å². The minimum Gasteiger partial charge on any atom is -0.497 e. The lowest BCUT2D eigenvalue weighted by atomic mass is 10.2. The van der Waals surface area contributed by atoms with Gasteiger partial charge in [-0.05, 0) is 51.3 Å². The van der Waals surface area contributed by atoms with Gasteiger partial charge >= 0.3 is 0 Å². The molecule has 0 fully saturated rings. The van der Waals surface area contributed by atoms with Crippen LogP contribution in [0.5, 0.6) is 17.2 Å². The third-order valence-electron chi connectivity index (χ3n) is 3.77. The maximum absolute atomic E-state index is 5.38. The largest absolute Gasteiger partial charge is 0.497 e. The Labute approximate surface area is 162 Å². The molecule has 2 N–H and O–H groups in total. The van der Waals surface area contributed by atoms with Gasteiger partial charge in [0.25, 0.3) is 0 Å². The standard InChI is InChI=1S/C19H24BrN3O3/c1-21-19(22-11-13-6-5-7-15(8-13)24-2)23-12-14-9-16(20)18(26-4)17(10-14)25-3/h5-10H,11-12H2,1-4H3,(H2,21,22,23). The van der Waals surface area contributed by atoms with Crippen molar-refractivity contribution >= 4 is 21.9 Å². The minimum absolute atomic E-state index is 0.594. The van der Waals surface area contributed by atoms with Crippen molar-refractivity contribution in [1.29, 1.82) is 0 Å². The summed E-state index contributed by atoms with van der Waals surface area (Å²) < 4.78 is 16.8. The van der Waals surface area contributed by atoms with E-state index >= 15 is 0 Å². The second kappa shape index (κ2) is 9.91. The van der Waals surface area contributed by atoms with E-state index in [2.05, 4.69) is 31.6 Å². The van der Waals surface area contributed by atoms with E-state index in [0.717, 1.165) is 21.3 Å². The van der Waals surface area contributed by atoms with Gasteiger partial charge in [0, 0.05) is 20.1 Å². The number of benzene rings is 2. The van der Waals surface area contributed by atoms with Crippen LogP contribution in [0.4, 0.5) is 0 Å². The fourth-order valence-corrected chi connectivity index (χ4v) is 3.10. The Kier molecular flexibility index (Phi) is 7.59. The quantitative estimate of drug-likeness (QED) is 0.530. The highest BCUT2D eigenvalue weighted by molar-refractivity contribution is 9.10. The van der Waals surface area contributed by atoms with Crippen LogP contribution in [-0.2, 0) is 13.1 Å². The monoisotopic (exact) mass is 421 g/mol. The zero-order valence-electron chi connectivity index (χ0n) is 15.4. The molecule has 0 atom stereocenters. The first-order chi connectivity index (χ1) is 12.6. The van der Waals surface area contributed by atoms with Crippen LogP contribution in [-0.4, -0.2) is 34.3 Å². The molecule has 2 rings (SSSR count). The summed E-state index contributed by atoms with van der Waals surface area (Å²) in [6.45, 7) is 1.24. The minimum atomic E-state index is 0.594.